The van der Waals surface area contributed by atoms with E-state index >= 15 is 0 Å². The number of Topliss-reactive ketones (excluding diaryl/α,β-unsaturated/α-hetero) is 1. The highest BCUT2D eigenvalue weighted by Crippen LogP contribution is 2.32. The molecule has 0 spiro atoms. The summed E-state index contributed by atoms with van der Waals surface area (Å²) in [7, 11) is 0. The van der Waals surface area contributed by atoms with Crippen molar-refractivity contribution < 1.29 is 19.4 Å². The molecule has 106 valence electrons. The first-order chi connectivity index (χ1) is 9.11. The molecule has 2 aliphatic rings. The number of hydrogen-bond acceptors (Lipinski definition) is 4. The lowest BCUT2D eigenvalue weighted by molar-refractivity contribution is -0.152. The van der Waals surface area contributed by atoms with Crippen LogP contribution in [0.1, 0.15) is 58.3 Å². The molecule has 0 aromatic heterocycles. The first-order valence-electron chi connectivity index (χ1n) is 7.28. The van der Waals surface area contributed by atoms with Crippen molar-refractivity contribution in [1.82, 2.24) is 0 Å². The van der Waals surface area contributed by atoms with Crippen LogP contribution >= 0.6 is 0 Å². The van der Waals surface area contributed by atoms with Crippen LogP contribution in [0.15, 0.2) is 11.3 Å². The number of rotatable bonds is 4. The maximum absolute atomic E-state index is 12.0. The monoisotopic (exact) mass is 266 g/mol. The Morgan fingerprint density at radius 3 is 2.58 bits per heavy atom. The maximum atomic E-state index is 12.0. The Kier molecular flexibility index (Phi) is 4.61. The molecule has 1 saturated heterocycles. The molecule has 1 saturated carbocycles. The Morgan fingerprint density at radius 2 is 2.00 bits per heavy atom. The Labute approximate surface area is 113 Å². The summed E-state index contributed by atoms with van der Waals surface area (Å²) in [5, 5.41) is 9.74. The lowest BCUT2D eigenvalue weighted by Crippen LogP contribution is -2.34. The number of aliphatic hydroxyl groups excluding tert-OH is 1. The number of aliphatic hydroxyl groups is 1. The topological polar surface area (TPSA) is 63.6 Å². The smallest absolute Gasteiger partial charge is 0.345 e. The van der Waals surface area contributed by atoms with Crippen molar-refractivity contribution in [2.75, 3.05) is 0 Å². The highest BCUT2D eigenvalue weighted by molar-refractivity contribution is 6.19. The molecule has 1 aliphatic heterocycles. The zero-order chi connectivity index (χ0) is 13.8. The van der Waals surface area contributed by atoms with Crippen molar-refractivity contribution >= 4 is 11.8 Å². The van der Waals surface area contributed by atoms with E-state index in [9.17, 15) is 14.7 Å². The zero-order valence-corrected chi connectivity index (χ0v) is 11.5. The molecule has 0 bridgehead atoms. The van der Waals surface area contributed by atoms with Crippen molar-refractivity contribution in [2.24, 2.45) is 5.92 Å². The molecule has 0 aromatic rings. The average Bonchev–Trinajstić information content (AvgIpc) is 2.81. The molecule has 0 amide bonds. The molecule has 1 atom stereocenters. The van der Waals surface area contributed by atoms with Crippen molar-refractivity contribution in [3.63, 3.8) is 0 Å². The fraction of sp³-hybridized carbons (Fsp3) is 0.733. The van der Waals surface area contributed by atoms with Gasteiger partial charge >= 0.3 is 5.97 Å². The van der Waals surface area contributed by atoms with E-state index < -0.39 is 5.97 Å². The van der Waals surface area contributed by atoms with Gasteiger partial charge in [-0.15, -0.1) is 0 Å². The van der Waals surface area contributed by atoms with E-state index in [0.717, 1.165) is 6.42 Å². The van der Waals surface area contributed by atoms with Crippen molar-refractivity contribution in [3.8, 4) is 0 Å². The molecule has 1 aliphatic carbocycles. The Hall–Kier alpha value is -1.32. The van der Waals surface area contributed by atoms with E-state index in [1.54, 1.807) is 0 Å². The summed E-state index contributed by atoms with van der Waals surface area (Å²) >= 11 is 0. The Bertz CT molecular complexity index is 371. The van der Waals surface area contributed by atoms with Crippen LogP contribution < -0.4 is 0 Å². The van der Waals surface area contributed by atoms with Crippen LogP contribution in [0.3, 0.4) is 0 Å². The van der Waals surface area contributed by atoms with E-state index in [4.69, 9.17) is 4.74 Å². The van der Waals surface area contributed by atoms with Gasteiger partial charge in [0, 0.05) is 12.8 Å². The molecule has 2 fully saturated rings. The molecule has 1 N–H and O–H groups in total. The molecule has 0 radical (unpaired) electrons. The SMILES string of the molecule is CCCC(O)=C1C(=O)CC(CC2CCCC2)OC1=O. The fourth-order valence-electron chi connectivity index (χ4n) is 3.06. The van der Waals surface area contributed by atoms with Crippen molar-refractivity contribution in [3.05, 3.63) is 11.3 Å². The molecule has 19 heavy (non-hydrogen) atoms. The van der Waals surface area contributed by atoms with Crippen LogP contribution in [-0.2, 0) is 14.3 Å². The van der Waals surface area contributed by atoms with Crippen LogP contribution in [0.4, 0.5) is 0 Å². The minimum atomic E-state index is -0.634. The Balaban J connectivity index is 1.99. The second-order valence-corrected chi connectivity index (χ2v) is 5.61. The molecule has 0 aromatic carbocycles. The van der Waals surface area contributed by atoms with E-state index in [1.807, 2.05) is 6.92 Å². The second kappa shape index (κ2) is 6.22. The summed E-state index contributed by atoms with van der Waals surface area (Å²) < 4.78 is 5.32. The standard InChI is InChI=1S/C15H22O4/c1-2-5-12(16)14-13(17)9-11(19-15(14)18)8-10-6-3-4-7-10/h10-11,16H,2-9H2,1H3. The third-order valence-electron chi connectivity index (χ3n) is 4.02. The number of esters is 1. The Morgan fingerprint density at radius 1 is 1.32 bits per heavy atom. The van der Waals surface area contributed by atoms with Crippen molar-refractivity contribution in [1.29, 1.82) is 0 Å². The van der Waals surface area contributed by atoms with Gasteiger partial charge < -0.3 is 9.84 Å². The molecular weight excluding hydrogens is 244 g/mol. The largest absolute Gasteiger partial charge is 0.511 e. The van der Waals surface area contributed by atoms with Crippen LogP contribution in [0.25, 0.3) is 0 Å². The zero-order valence-electron chi connectivity index (χ0n) is 11.5. The molecule has 1 unspecified atom stereocenters. The van der Waals surface area contributed by atoms with Crippen LogP contribution in [0, 0.1) is 5.92 Å². The summed E-state index contributed by atoms with van der Waals surface area (Å²) in [5.41, 5.74) is -0.121. The summed E-state index contributed by atoms with van der Waals surface area (Å²) in [4.78, 5) is 23.8. The van der Waals surface area contributed by atoms with Gasteiger partial charge in [-0.3, -0.25) is 4.79 Å². The fourth-order valence-corrected chi connectivity index (χ4v) is 3.06. The van der Waals surface area contributed by atoms with E-state index in [0.29, 0.717) is 18.8 Å². The first kappa shape index (κ1) is 14.1. The number of carbonyl (C=O) groups excluding carboxylic acids is 2. The highest BCUT2D eigenvalue weighted by atomic mass is 16.5. The van der Waals surface area contributed by atoms with Crippen LogP contribution in [0.2, 0.25) is 0 Å². The van der Waals surface area contributed by atoms with Gasteiger partial charge in [0.05, 0.1) is 0 Å². The average molecular weight is 266 g/mol. The lowest BCUT2D eigenvalue weighted by Gasteiger charge is -2.25. The van der Waals surface area contributed by atoms with Gasteiger partial charge in [0.1, 0.15) is 17.4 Å². The third kappa shape index (κ3) is 3.37. The second-order valence-electron chi connectivity index (χ2n) is 5.61. The summed E-state index contributed by atoms with van der Waals surface area (Å²) in [6.45, 7) is 1.89. The van der Waals surface area contributed by atoms with Gasteiger partial charge in [-0.25, -0.2) is 4.79 Å². The minimum absolute atomic E-state index is 0.114. The van der Waals surface area contributed by atoms with Gasteiger partial charge in [0.15, 0.2) is 5.78 Å². The van der Waals surface area contributed by atoms with Gasteiger partial charge in [-0.05, 0) is 18.8 Å². The maximum Gasteiger partial charge on any atom is 0.345 e. The number of ketones is 1. The predicted octanol–water partition coefficient (Wildman–Crippen LogP) is 3.06. The number of carbonyl (C=O) groups is 2. The van der Waals surface area contributed by atoms with Gasteiger partial charge in [-0.1, -0.05) is 32.6 Å². The number of hydrogen-bond donors (Lipinski definition) is 1. The highest BCUT2D eigenvalue weighted by Gasteiger charge is 2.35. The number of allylic oxidation sites excluding steroid dienone is 1. The number of ether oxygens (including phenoxy) is 1. The normalized spacial score (nSPS) is 27.5. The molecule has 2 rings (SSSR count). The molecule has 1 heterocycles. The quantitative estimate of drug-likeness (QED) is 0.367. The van der Waals surface area contributed by atoms with Gasteiger partial charge in [0.25, 0.3) is 0 Å². The van der Waals surface area contributed by atoms with Gasteiger partial charge in [-0.2, -0.15) is 0 Å². The third-order valence-corrected chi connectivity index (χ3v) is 4.02. The molecule has 4 nitrogen and oxygen atoms in total. The summed E-state index contributed by atoms with van der Waals surface area (Å²) in [6.07, 6.45) is 6.60. The molecule has 4 heteroatoms. The van der Waals surface area contributed by atoms with E-state index in [1.165, 1.54) is 25.7 Å². The van der Waals surface area contributed by atoms with Crippen molar-refractivity contribution in [2.45, 2.75) is 64.4 Å². The van der Waals surface area contributed by atoms with Crippen LogP contribution in [-0.4, -0.2) is 23.0 Å². The predicted molar refractivity (Wildman–Crippen MR) is 70.6 cm³/mol. The lowest BCUT2D eigenvalue weighted by atomic mass is 9.92. The summed E-state index contributed by atoms with van der Waals surface area (Å²) in [5.74, 6) is -0.424. The minimum Gasteiger partial charge on any atom is -0.511 e. The van der Waals surface area contributed by atoms with E-state index in [-0.39, 0.29) is 29.6 Å². The van der Waals surface area contributed by atoms with Gasteiger partial charge in [0.2, 0.25) is 0 Å². The van der Waals surface area contributed by atoms with Crippen LogP contribution in [0.5, 0.6) is 0 Å². The summed E-state index contributed by atoms with van der Waals surface area (Å²) in [6, 6.07) is 0. The first-order valence-corrected chi connectivity index (χ1v) is 7.28. The molecular formula is C15H22O4. The van der Waals surface area contributed by atoms with E-state index in [2.05, 4.69) is 0 Å². The number of cyclic esters (lactones) is 1.